The fourth-order valence-corrected chi connectivity index (χ4v) is 3.71. The summed E-state index contributed by atoms with van der Waals surface area (Å²) in [5, 5.41) is 3.19. The van der Waals surface area contributed by atoms with Crippen molar-refractivity contribution in [2.75, 3.05) is 0 Å². The van der Waals surface area contributed by atoms with Gasteiger partial charge in [0.25, 0.3) is 0 Å². The Hall–Kier alpha value is -4.02. The van der Waals surface area contributed by atoms with Gasteiger partial charge in [0.05, 0.1) is 23.3 Å². The summed E-state index contributed by atoms with van der Waals surface area (Å²) in [6.07, 6.45) is -15.0. The molecule has 4 rings (SSSR count). The summed E-state index contributed by atoms with van der Waals surface area (Å²) in [4.78, 5) is 6.77. The molecule has 0 fully saturated rings. The number of fused-ring (bicyclic) bond motifs is 1. The normalized spacial score (nSPS) is 12.8. The van der Waals surface area contributed by atoms with E-state index in [9.17, 15) is 39.5 Å². The van der Waals surface area contributed by atoms with Crippen LogP contribution in [0, 0.1) is 13.5 Å². The molecule has 0 aliphatic rings. The molecule has 0 N–H and O–H groups in total. The van der Waals surface area contributed by atoms with Crippen LogP contribution in [0.3, 0.4) is 0 Å². The molecular formula is C22H11F9N4O. The van der Waals surface area contributed by atoms with Crippen molar-refractivity contribution in [2.24, 2.45) is 0 Å². The zero-order chi connectivity index (χ0) is 26.6. The number of hydrogen-bond donors (Lipinski definition) is 0. The van der Waals surface area contributed by atoms with Crippen LogP contribution in [0.2, 0.25) is 0 Å². The van der Waals surface area contributed by atoms with Gasteiger partial charge in [-0.05, 0) is 37.3 Å². The van der Waals surface area contributed by atoms with Gasteiger partial charge in [0.1, 0.15) is 6.54 Å². The average molecular weight is 518 g/mol. The lowest BCUT2D eigenvalue weighted by atomic mass is 10.0. The van der Waals surface area contributed by atoms with Gasteiger partial charge in [0, 0.05) is 22.2 Å². The molecule has 2 heterocycles. The Labute approximate surface area is 195 Å². The summed E-state index contributed by atoms with van der Waals surface area (Å²) in [6, 6.07) is 4.30. The van der Waals surface area contributed by atoms with E-state index in [-0.39, 0.29) is 29.4 Å². The number of benzene rings is 2. The Kier molecular flexibility index (Phi) is 5.77. The smallest absolute Gasteiger partial charge is 0.337 e. The Bertz CT molecular complexity index is 1470. The highest BCUT2D eigenvalue weighted by molar-refractivity contribution is 5.90. The molecule has 0 aliphatic heterocycles. The minimum Gasteiger partial charge on any atom is -0.337 e. The zero-order valence-corrected chi connectivity index (χ0v) is 17.8. The van der Waals surface area contributed by atoms with Crippen molar-refractivity contribution < 1.29 is 44.0 Å². The number of aryl methyl sites for hydroxylation is 1. The highest BCUT2D eigenvalue weighted by Gasteiger charge is 2.38. The third-order valence-electron chi connectivity index (χ3n) is 5.28. The molecule has 0 unspecified atom stereocenters. The van der Waals surface area contributed by atoms with Gasteiger partial charge in [-0.15, -0.1) is 0 Å². The molecule has 0 bridgehead atoms. The summed E-state index contributed by atoms with van der Waals surface area (Å²) < 4.78 is 126. The first-order chi connectivity index (χ1) is 16.6. The lowest BCUT2D eigenvalue weighted by Crippen LogP contribution is -2.11. The minimum absolute atomic E-state index is 0.0462. The number of nitrogens with zero attached hydrogens (tertiary/aromatic N) is 4. The van der Waals surface area contributed by atoms with E-state index in [1.807, 2.05) is 0 Å². The van der Waals surface area contributed by atoms with Crippen LogP contribution in [0.4, 0.5) is 45.2 Å². The lowest BCUT2D eigenvalue weighted by molar-refractivity contribution is -0.143. The van der Waals surface area contributed by atoms with Crippen LogP contribution in [-0.4, -0.2) is 14.7 Å². The summed E-state index contributed by atoms with van der Waals surface area (Å²) in [5.74, 6) is -0.846. The number of alkyl halides is 9. The second-order valence-corrected chi connectivity index (χ2v) is 7.68. The highest BCUT2D eigenvalue weighted by atomic mass is 19.4. The first-order valence-corrected chi connectivity index (χ1v) is 9.79. The van der Waals surface area contributed by atoms with Crippen molar-refractivity contribution in [3.05, 3.63) is 76.1 Å². The number of hydrogen-bond acceptors (Lipinski definition) is 3. The largest absolute Gasteiger partial charge is 0.416 e. The Morgan fingerprint density at radius 2 is 1.50 bits per heavy atom. The van der Waals surface area contributed by atoms with Gasteiger partial charge in [-0.1, -0.05) is 11.2 Å². The lowest BCUT2D eigenvalue weighted by Gasteiger charge is -2.12. The van der Waals surface area contributed by atoms with E-state index in [0.717, 1.165) is 6.07 Å². The van der Waals surface area contributed by atoms with E-state index in [2.05, 4.69) is 15.0 Å². The molecule has 0 spiro atoms. The molecule has 0 radical (unpaired) electrons. The molecule has 2 aromatic heterocycles. The molecule has 188 valence electrons. The van der Waals surface area contributed by atoms with Crippen LogP contribution >= 0.6 is 0 Å². The first-order valence-electron chi connectivity index (χ1n) is 9.79. The van der Waals surface area contributed by atoms with Gasteiger partial charge in [-0.3, -0.25) is 0 Å². The van der Waals surface area contributed by atoms with E-state index >= 15 is 0 Å². The SMILES string of the molecule is [C-]#[N+]c1ccc2c(cc(C)n2Cc2nc(-c3cc(C(F)(F)F)cc(C(F)(F)F)c3)no2)c1C(F)(F)F. The molecule has 2 aromatic carbocycles. The van der Waals surface area contributed by atoms with Gasteiger partial charge in [0.15, 0.2) is 5.69 Å². The van der Waals surface area contributed by atoms with Crippen molar-refractivity contribution in [1.82, 2.24) is 14.7 Å². The molecule has 0 atom stereocenters. The Morgan fingerprint density at radius 1 is 0.889 bits per heavy atom. The number of aromatic nitrogens is 3. The predicted octanol–water partition coefficient (Wildman–Crippen LogP) is 7.66. The van der Waals surface area contributed by atoms with Crippen LogP contribution in [0.25, 0.3) is 27.1 Å². The van der Waals surface area contributed by atoms with E-state index < -0.39 is 52.3 Å². The van der Waals surface area contributed by atoms with Gasteiger partial charge in [0.2, 0.25) is 11.7 Å². The summed E-state index contributed by atoms with van der Waals surface area (Å²) >= 11 is 0. The number of halogens is 9. The number of rotatable bonds is 3. The maximum Gasteiger partial charge on any atom is 0.416 e. The molecule has 0 amide bonds. The van der Waals surface area contributed by atoms with Crippen molar-refractivity contribution in [3.8, 4) is 11.4 Å². The third-order valence-corrected chi connectivity index (χ3v) is 5.28. The fourth-order valence-electron chi connectivity index (χ4n) is 3.71. The Morgan fingerprint density at radius 3 is 2.03 bits per heavy atom. The van der Waals surface area contributed by atoms with Crippen molar-refractivity contribution in [3.63, 3.8) is 0 Å². The molecule has 0 saturated heterocycles. The molecule has 4 aromatic rings. The fraction of sp³-hybridized carbons (Fsp3) is 0.227. The first kappa shape index (κ1) is 25.1. The van der Waals surface area contributed by atoms with Crippen molar-refractivity contribution in [1.29, 1.82) is 0 Å². The minimum atomic E-state index is -5.08. The second kappa shape index (κ2) is 8.28. The molecule has 14 heteroatoms. The molecular weight excluding hydrogens is 507 g/mol. The zero-order valence-electron chi connectivity index (χ0n) is 17.8. The topological polar surface area (TPSA) is 48.2 Å². The average Bonchev–Trinajstić information content (AvgIpc) is 3.35. The van der Waals surface area contributed by atoms with Gasteiger partial charge in [-0.25, -0.2) is 4.85 Å². The molecule has 0 saturated carbocycles. The van der Waals surface area contributed by atoms with Gasteiger partial charge >= 0.3 is 18.5 Å². The summed E-state index contributed by atoms with van der Waals surface area (Å²) in [7, 11) is 0. The maximum atomic E-state index is 13.6. The van der Waals surface area contributed by atoms with Gasteiger partial charge < -0.3 is 9.09 Å². The van der Waals surface area contributed by atoms with Crippen LogP contribution in [0.15, 0.2) is 40.9 Å². The monoisotopic (exact) mass is 518 g/mol. The summed E-state index contributed by atoms with van der Waals surface area (Å²) in [6.45, 7) is 8.15. The highest BCUT2D eigenvalue weighted by Crippen LogP contribution is 2.42. The van der Waals surface area contributed by atoms with Crippen LogP contribution in [0.5, 0.6) is 0 Å². The van der Waals surface area contributed by atoms with E-state index in [1.54, 1.807) is 0 Å². The molecule has 0 aliphatic carbocycles. The Balaban J connectivity index is 1.77. The standard InChI is InChI=1S/C22H11F9N4O/c1-10-5-14-16(4-3-15(32-2)18(14)22(29,30)31)35(10)9-17-33-19(34-36-17)11-6-12(20(23,24)25)8-13(7-11)21(26,27)28/h3-8H,9H2,1H3. The van der Waals surface area contributed by atoms with Crippen molar-refractivity contribution in [2.45, 2.75) is 32.0 Å². The van der Waals surface area contributed by atoms with Crippen LogP contribution in [-0.2, 0) is 25.1 Å². The predicted molar refractivity (Wildman–Crippen MR) is 107 cm³/mol. The molecule has 36 heavy (non-hydrogen) atoms. The van der Waals surface area contributed by atoms with Crippen LogP contribution < -0.4 is 0 Å². The summed E-state index contributed by atoms with van der Waals surface area (Å²) in [5.41, 5.74) is -5.12. The van der Waals surface area contributed by atoms with Gasteiger partial charge in [-0.2, -0.15) is 44.5 Å². The third kappa shape index (κ3) is 4.60. The second-order valence-electron chi connectivity index (χ2n) is 7.68. The van der Waals surface area contributed by atoms with Crippen molar-refractivity contribution >= 4 is 16.6 Å². The van der Waals surface area contributed by atoms with E-state index in [1.165, 1.54) is 23.6 Å². The van der Waals surface area contributed by atoms with E-state index in [4.69, 9.17) is 11.1 Å². The van der Waals surface area contributed by atoms with E-state index in [0.29, 0.717) is 17.8 Å². The van der Waals surface area contributed by atoms with Crippen LogP contribution in [0.1, 0.15) is 28.3 Å². The quantitative estimate of drug-likeness (QED) is 0.207. The molecule has 5 nitrogen and oxygen atoms in total. The maximum absolute atomic E-state index is 13.6.